The van der Waals surface area contributed by atoms with Crippen molar-refractivity contribution in [3.8, 4) is 0 Å². The minimum atomic E-state index is 0.818. The average Bonchev–Trinajstić information content (AvgIpc) is 2.03. The summed E-state index contributed by atoms with van der Waals surface area (Å²) in [5.74, 6) is 1.14. The molecule has 2 heteroatoms. The molecule has 0 heterocycles. The van der Waals surface area contributed by atoms with E-state index in [4.69, 9.17) is 0 Å². The number of hydrogen-bond acceptors (Lipinski definition) is 2. The van der Waals surface area contributed by atoms with Crippen molar-refractivity contribution < 1.29 is 4.79 Å². The first-order valence-corrected chi connectivity index (χ1v) is 5.18. The summed E-state index contributed by atoms with van der Waals surface area (Å²) in [6.07, 6.45) is 7.57. The van der Waals surface area contributed by atoms with Gasteiger partial charge in [-0.3, -0.25) is 4.79 Å². The molecule has 0 unspecified atom stereocenters. The molecule has 0 spiro atoms. The molecule has 0 N–H and O–H groups in total. The van der Waals surface area contributed by atoms with E-state index < -0.39 is 0 Å². The van der Waals surface area contributed by atoms with E-state index in [2.05, 4.69) is 6.92 Å². The fraction of sp³-hybridized carbons (Fsp3) is 0.667. The smallest absolute Gasteiger partial charge is 0.143 e. The van der Waals surface area contributed by atoms with E-state index in [1.807, 2.05) is 5.41 Å². The van der Waals surface area contributed by atoms with Gasteiger partial charge in [0.05, 0.1) is 0 Å². The van der Waals surface area contributed by atoms with Crippen LogP contribution in [0.4, 0.5) is 0 Å². The van der Waals surface area contributed by atoms with Gasteiger partial charge in [-0.15, -0.1) is 11.8 Å². The third kappa shape index (κ3) is 9.76. The highest BCUT2D eigenvalue weighted by Gasteiger charge is 1.85. The molecule has 0 aromatic carbocycles. The third-order valence-electron chi connectivity index (χ3n) is 1.37. The molecule has 0 saturated carbocycles. The summed E-state index contributed by atoms with van der Waals surface area (Å²) in [5.41, 5.74) is 0. The second kappa shape index (κ2) is 9.76. The summed E-state index contributed by atoms with van der Waals surface area (Å²) in [5, 5.41) is 1.86. The minimum Gasteiger partial charge on any atom is -0.299 e. The fourth-order valence-electron chi connectivity index (χ4n) is 0.768. The highest BCUT2D eigenvalue weighted by molar-refractivity contribution is 8.02. The van der Waals surface area contributed by atoms with Crippen LogP contribution in [0.3, 0.4) is 0 Å². The molecule has 64 valence electrons. The summed E-state index contributed by atoms with van der Waals surface area (Å²) in [6, 6.07) is 0. The topological polar surface area (TPSA) is 17.1 Å². The van der Waals surface area contributed by atoms with Crippen LogP contribution in [0, 0.1) is 0 Å². The number of thioether (sulfide) groups is 1. The molecule has 0 aliphatic rings. The maximum Gasteiger partial charge on any atom is 0.143 e. The number of aldehydes is 1. The van der Waals surface area contributed by atoms with E-state index in [0.717, 1.165) is 12.0 Å². The first kappa shape index (κ1) is 10.8. The number of allylic oxidation sites excluding steroid dienone is 1. The van der Waals surface area contributed by atoms with Gasteiger partial charge in [-0.1, -0.05) is 26.2 Å². The van der Waals surface area contributed by atoms with Crippen molar-refractivity contribution in [3.63, 3.8) is 0 Å². The van der Waals surface area contributed by atoms with Crippen LogP contribution in [0.25, 0.3) is 0 Å². The predicted molar refractivity (Wildman–Crippen MR) is 51.8 cm³/mol. The van der Waals surface area contributed by atoms with Crippen molar-refractivity contribution in [1.82, 2.24) is 0 Å². The summed E-state index contributed by atoms with van der Waals surface area (Å²) in [6.45, 7) is 2.21. The Morgan fingerprint density at radius 1 is 1.27 bits per heavy atom. The van der Waals surface area contributed by atoms with Crippen LogP contribution in [0.5, 0.6) is 0 Å². The number of carbonyl (C=O) groups is 1. The van der Waals surface area contributed by atoms with E-state index in [1.165, 1.54) is 25.7 Å². The molecule has 1 nitrogen and oxygen atoms in total. The maximum absolute atomic E-state index is 9.84. The lowest BCUT2D eigenvalue weighted by atomic mass is 10.2. The Kier molecular flexibility index (Phi) is 9.55. The summed E-state index contributed by atoms with van der Waals surface area (Å²) >= 11 is 1.72. The molecule has 0 aliphatic heterocycles. The minimum absolute atomic E-state index is 0.818. The van der Waals surface area contributed by atoms with Crippen LogP contribution in [-0.2, 0) is 4.79 Å². The zero-order chi connectivity index (χ0) is 8.36. The molecule has 0 radical (unpaired) electrons. The Hall–Kier alpha value is -0.240. The van der Waals surface area contributed by atoms with Gasteiger partial charge < -0.3 is 0 Å². The molecule has 0 saturated heterocycles. The van der Waals surface area contributed by atoms with Gasteiger partial charge in [-0.25, -0.2) is 0 Å². The van der Waals surface area contributed by atoms with Crippen LogP contribution in [-0.4, -0.2) is 12.0 Å². The fourth-order valence-corrected chi connectivity index (χ4v) is 1.45. The lowest BCUT2D eigenvalue weighted by molar-refractivity contribution is -0.104. The van der Waals surface area contributed by atoms with Gasteiger partial charge in [0.1, 0.15) is 6.29 Å². The zero-order valence-electron chi connectivity index (χ0n) is 7.08. The Bertz CT molecular complexity index is 110. The van der Waals surface area contributed by atoms with Gasteiger partial charge in [-0.2, -0.15) is 0 Å². The molecule has 0 atom stereocenters. The molecule has 0 amide bonds. The second-order valence-corrected chi connectivity index (χ2v) is 3.41. The zero-order valence-corrected chi connectivity index (χ0v) is 7.90. The molecule has 0 fully saturated rings. The largest absolute Gasteiger partial charge is 0.299 e. The van der Waals surface area contributed by atoms with Crippen molar-refractivity contribution >= 4 is 18.0 Å². The van der Waals surface area contributed by atoms with Crippen LogP contribution in [0.1, 0.15) is 32.6 Å². The van der Waals surface area contributed by atoms with E-state index >= 15 is 0 Å². The van der Waals surface area contributed by atoms with Gasteiger partial charge in [0, 0.05) is 0 Å². The molecule has 0 bridgehead atoms. The lowest BCUT2D eigenvalue weighted by Crippen LogP contribution is -1.77. The first-order valence-electron chi connectivity index (χ1n) is 4.13. The van der Waals surface area contributed by atoms with E-state index in [-0.39, 0.29) is 0 Å². The summed E-state index contributed by atoms with van der Waals surface area (Å²) < 4.78 is 0. The van der Waals surface area contributed by atoms with Crippen molar-refractivity contribution in [2.45, 2.75) is 32.6 Å². The summed E-state index contributed by atoms with van der Waals surface area (Å²) in [4.78, 5) is 9.84. The molecule has 0 rings (SSSR count). The van der Waals surface area contributed by atoms with Gasteiger partial charge >= 0.3 is 0 Å². The van der Waals surface area contributed by atoms with Crippen LogP contribution in [0.15, 0.2) is 11.5 Å². The van der Waals surface area contributed by atoms with E-state index in [0.29, 0.717) is 0 Å². The Morgan fingerprint density at radius 2 is 2.09 bits per heavy atom. The van der Waals surface area contributed by atoms with Gasteiger partial charge in [0.2, 0.25) is 0 Å². The molecule has 11 heavy (non-hydrogen) atoms. The standard InChI is InChI=1S/C9H16OS/c1-2-3-4-5-8-11-9-6-7-10/h6-7,9H,2-5,8H2,1H3/b9-6+. The van der Waals surface area contributed by atoms with Gasteiger partial charge in [0.15, 0.2) is 0 Å². The molecule has 0 aliphatic carbocycles. The van der Waals surface area contributed by atoms with Crippen molar-refractivity contribution in [2.24, 2.45) is 0 Å². The monoisotopic (exact) mass is 172 g/mol. The first-order chi connectivity index (χ1) is 5.41. The highest BCUT2D eigenvalue weighted by Crippen LogP contribution is 2.07. The van der Waals surface area contributed by atoms with Crippen molar-refractivity contribution in [2.75, 3.05) is 5.75 Å². The van der Waals surface area contributed by atoms with Crippen LogP contribution >= 0.6 is 11.8 Å². The quantitative estimate of drug-likeness (QED) is 0.333. The molecular weight excluding hydrogens is 156 g/mol. The van der Waals surface area contributed by atoms with Crippen LogP contribution < -0.4 is 0 Å². The van der Waals surface area contributed by atoms with Crippen molar-refractivity contribution in [3.05, 3.63) is 11.5 Å². The third-order valence-corrected chi connectivity index (χ3v) is 2.24. The number of carbonyl (C=O) groups excluding carboxylic acids is 1. The SMILES string of the molecule is CCCCCCS/C=C/C=O. The molecule has 0 aromatic heterocycles. The number of rotatable bonds is 7. The normalized spacial score (nSPS) is 10.6. The Morgan fingerprint density at radius 3 is 2.73 bits per heavy atom. The van der Waals surface area contributed by atoms with E-state index in [9.17, 15) is 4.79 Å². The molecule has 0 aromatic rings. The second-order valence-electron chi connectivity index (χ2n) is 2.40. The van der Waals surface area contributed by atoms with Gasteiger partial charge in [0.25, 0.3) is 0 Å². The Balaban J connectivity index is 2.90. The van der Waals surface area contributed by atoms with Gasteiger partial charge in [-0.05, 0) is 23.7 Å². The number of hydrogen-bond donors (Lipinski definition) is 0. The highest BCUT2D eigenvalue weighted by atomic mass is 32.2. The van der Waals surface area contributed by atoms with E-state index in [1.54, 1.807) is 17.8 Å². The molecular formula is C9H16OS. The predicted octanol–water partition coefficient (Wildman–Crippen LogP) is 3.01. The van der Waals surface area contributed by atoms with Crippen molar-refractivity contribution in [1.29, 1.82) is 0 Å². The average molecular weight is 172 g/mol. The summed E-state index contributed by atoms with van der Waals surface area (Å²) in [7, 11) is 0. The maximum atomic E-state index is 9.84. The Labute approximate surface area is 73.3 Å². The number of unbranched alkanes of at least 4 members (excludes halogenated alkanes) is 3. The van der Waals surface area contributed by atoms with Crippen LogP contribution in [0.2, 0.25) is 0 Å². The lowest BCUT2D eigenvalue weighted by Gasteiger charge is -1.94.